The molecule has 3 heteroatoms. The van der Waals surface area contributed by atoms with Crippen LogP contribution in [0.1, 0.15) is 11.1 Å². The highest BCUT2D eigenvalue weighted by Gasteiger charge is 2.14. The first-order chi connectivity index (χ1) is 9.65. The highest BCUT2D eigenvalue weighted by Crippen LogP contribution is 2.10. The number of anilines is 1. The second-order valence-corrected chi connectivity index (χ2v) is 5.17. The van der Waals surface area contributed by atoms with Gasteiger partial charge in [0.15, 0.2) is 0 Å². The van der Waals surface area contributed by atoms with Crippen molar-refractivity contribution in [1.82, 2.24) is 0 Å². The molecule has 0 aliphatic carbocycles. The Morgan fingerprint density at radius 3 is 2.35 bits per heavy atom. The van der Waals surface area contributed by atoms with Gasteiger partial charge in [-0.1, -0.05) is 48.0 Å². The van der Waals surface area contributed by atoms with Gasteiger partial charge >= 0.3 is 0 Å². The van der Waals surface area contributed by atoms with Gasteiger partial charge in [0, 0.05) is 18.3 Å². The molecule has 0 saturated heterocycles. The minimum absolute atomic E-state index is 0.268. The second kappa shape index (κ2) is 7.08. The van der Waals surface area contributed by atoms with E-state index in [1.54, 1.807) is 0 Å². The van der Waals surface area contributed by atoms with Gasteiger partial charge in [0.1, 0.15) is 0 Å². The molecular formula is C17H22N2O. The predicted molar refractivity (Wildman–Crippen MR) is 83.8 cm³/mol. The fourth-order valence-electron chi connectivity index (χ4n) is 2.07. The molecule has 0 aliphatic rings. The maximum Gasteiger partial charge on any atom is 0.0866 e. The van der Waals surface area contributed by atoms with E-state index in [9.17, 15) is 5.11 Å². The van der Waals surface area contributed by atoms with Gasteiger partial charge < -0.3 is 16.2 Å². The summed E-state index contributed by atoms with van der Waals surface area (Å²) in [6.45, 7) is 2.51. The van der Waals surface area contributed by atoms with Gasteiger partial charge in [0.2, 0.25) is 0 Å². The number of rotatable bonds is 6. The van der Waals surface area contributed by atoms with Crippen molar-refractivity contribution in [3.63, 3.8) is 0 Å². The molecule has 2 aromatic carbocycles. The summed E-state index contributed by atoms with van der Waals surface area (Å²) < 4.78 is 0. The molecule has 0 amide bonds. The number of aliphatic hydroxyl groups excluding tert-OH is 1. The van der Waals surface area contributed by atoms with Crippen molar-refractivity contribution in [2.75, 3.05) is 11.9 Å². The van der Waals surface area contributed by atoms with Crippen LogP contribution >= 0.6 is 0 Å². The molecule has 0 aliphatic heterocycles. The number of nitrogens with one attached hydrogen (secondary N) is 1. The number of nitrogens with two attached hydrogens (primary N) is 1. The molecule has 2 rings (SSSR count). The normalized spacial score (nSPS) is 13.8. The van der Waals surface area contributed by atoms with Crippen molar-refractivity contribution >= 4 is 5.69 Å². The van der Waals surface area contributed by atoms with Crippen LogP contribution in [-0.4, -0.2) is 23.8 Å². The fraction of sp³-hybridized carbons (Fsp3) is 0.294. The average Bonchev–Trinajstić information content (AvgIpc) is 2.47. The van der Waals surface area contributed by atoms with Crippen LogP contribution in [0.4, 0.5) is 5.69 Å². The molecule has 3 nitrogen and oxygen atoms in total. The van der Waals surface area contributed by atoms with Crippen LogP contribution < -0.4 is 11.1 Å². The lowest BCUT2D eigenvalue weighted by molar-refractivity contribution is 0.156. The van der Waals surface area contributed by atoms with Gasteiger partial charge in [-0.2, -0.15) is 0 Å². The summed E-state index contributed by atoms with van der Waals surface area (Å²) in [4.78, 5) is 0. The van der Waals surface area contributed by atoms with Gasteiger partial charge in [0.05, 0.1) is 6.10 Å². The Bertz CT molecular complexity index is 510. The Labute approximate surface area is 120 Å². The zero-order valence-corrected chi connectivity index (χ0v) is 11.8. The zero-order chi connectivity index (χ0) is 14.4. The fourth-order valence-corrected chi connectivity index (χ4v) is 2.07. The van der Waals surface area contributed by atoms with Crippen LogP contribution in [0, 0.1) is 6.92 Å². The standard InChI is InChI=1S/C17H22N2O/c1-13-7-9-15(10-8-13)19-12-17(20)16(18)11-14-5-3-2-4-6-14/h2-10,16-17,19-20H,11-12,18H2,1H3/t16-,17+/m0/s1. The third kappa shape index (κ3) is 4.37. The first-order valence-electron chi connectivity index (χ1n) is 6.93. The Morgan fingerprint density at radius 2 is 1.70 bits per heavy atom. The van der Waals surface area contributed by atoms with E-state index in [0.29, 0.717) is 13.0 Å². The molecule has 0 bridgehead atoms. The molecule has 2 aromatic rings. The van der Waals surface area contributed by atoms with Crippen molar-refractivity contribution in [3.8, 4) is 0 Å². The van der Waals surface area contributed by atoms with E-state index < -0.39 is 6.10 Å². The molecular weight excluding hydrogens is 248 g/mol. The van der Waals surface area contributed by atoms with Crippen molar-refractivity contribution in [1.29, 1.82) is 0 Å². The third-order valence-corrected chi connectivity index (χ3v) is 3.38. The van der Waals surface area contributed by atoms with E-state index in [0.717, 1.165) is 11.3 Å². The molecule has 0 aromatic heterocycles. The van der Waals surface area contributed by atoms with Gasteiger partial charge in [-0.15, -0.1) is 0 Å². The molecule has 0 fully saturated rings. The Balaban J connectivity index is 1.82. The van der Waals surface area contributed by atoms with Crippen LogP contribution in [0.2, 0.25) is 0 Å². The zero-order valence-electron chi connectivity index (χ0n) is 11.8. The molecule has 2 atom stereocenters. The first kappa shape index (κ1) is 14.6. The number of aliphatic hydroxyl groups is 1. The van der Waals surface area contributed by atoms with Crippen molar-refractivity contribution in [2.45, 2.75) is 25.5 Å². The molecule has 0 spiro atoms. The summed E-state index contributed by atoms with van der Waals surface area (Å²) >= 11 is 0. The van der Waals surface area contributed by atoms with E-state index in [4.69, 9.17) is 5.73 Å². The quantitative estimate of drug-likeness (QED) is 0.755. The SMILES string of the molecule is Cc1ccc(NC[C@@H](O)[C@@H](N)Cc2ccccc2)cc1. The summed E-state index contributed by atoms with van der Waals surface area (Å²) in [7, 11) is 0. The van der Waals surface area contributed by atoms with Crippen molar-refractivity contribution < 1.29 is 5.11 Å². The van der Waals surface area contributed by atoms with E-state index in [1.165, 1.54) is 5.56 Å². The lowest BCUT2D eigenvalue weighted by atomic mass is 10.0. The molecule has 4 N–H and O–H groups in total. The second-order valence-electron chi connectivity index (χ2n) is 5.17. The Morgan fingerprint density at radius 1 is 1.05 bits per heavy atom. The summed E-state index contributed by atoms with van der Waals surface area (Å²) in [5.41, 5.74) is 9.42. The minimum Gasteiger partial charge on any atom is -0.390 e. The summed E-state index contributed by atoms with van der Waals surface area (Å²) in [6.07, 6.45) is 0.105. The molecule has 0 radical (unpaired) electrons. The smallest absolute Gasteiger partial charge is 0.0866 e. The van der Waals surface area contributed by atoms with Crippen LogP contribution in [0.3, 0.4) is 0 Å². The Hall–Kier alpha value is -1.84. The van der Waals surface area contributed by atoms with Crippen LogP contribution in [-0.2, 0) is 6.42 Å². The van der Waals surface area contributed by atoms with Crippen molar-refractivity contribution in [2.24, 2.45) is 5.73 Å². The summed E-state index contributed by atoms with van der Waals surface area (Å²) in [6, 6.07) is 17.8. The predicted octanol–water partition coefficient (Wildman–Crippen LogP) is 2.34. The number of hydrogen-bond donors (Lipinski definition) is 3. The molecule has 0 unspecified atom stereocenters. The number of benzene rings is 2. The van der Waals surface area contributed by atoms with Crippen LogP contribution in [0.15, 0.2) is 54.6 Å². The van der Waals surface area contributed by atoms with Gasteiger partial charge in [-0.25, -0.2) is 0 Å². The van der Waals surface area contributed by atoms with E-state index in [1.807, 2.05) is 54.6 Å². The van der Waals surface area contributed by atoms with Gasteiger partial charge in [0.25, 0.3) is 0 Å². The third-order valence-electron chi connectivity index (χ3n) is 3.38. The van der Waals surface area contributed by atoms with E-state index in [-0.39, 0.29) is 6.04 Å². The molecule has 106 valence electrons. The maximum atomic E-state index is 10.1. The van der Waals surface area contributed by atoms with Crippen LogP contribution in [0.25, 0.3) is 0 Å². The highest BCUT2D eigenvalue weighted by molar-refractivity contribution is 5.44. The average molecular weight is 270 g/mol. The maximum absolute atomic E-state index is 10.1. The summed E-state index contributed by atoms with van der Waals surface area (Å²) in [5, 5.41) is 13.3. The topological polar surface area (TPSA) is 58.3 Å². The Kier molecular flexibility index (Phi) is 5.16. The molecule has 20 heavy (non-hydrogen) atoms. The summed E-state index contributed by atoms with van der Waals surface area (Å²) in [5.74, 6) is 0. The molecule has 0 heterocycles. The highest BCUT2D eigenvalue weighted by atomic mass is 16.3. The number of aryl methyl sites for hydroxylation is 1. The molecule has 0 saturated carbocycles. The minimum atomic E-state index is -0.573. The van der Waals surface area contributed by atoms with Gasteiger partial charge in [-0.3, -0.25) is 0 Å². The lowest BCUT2D eigenvalue weighted by Gasteiger charge is -2.20. The monoisotopic (exact) mass is 270 g/mol. The van der Waals surface area contributed by atoms with Crippen LogP contribution in [0.5, 0.6) is 0 Å². The van der Waals surface area contributed by atoms with Gasteiger partial charge in [-0.05, 0) is 31.0 Å². The van der Waals surface area contributed by atoms with E-state index >= 15 is 0 Å². The van der Waals surface area contributed by atoms with E-state index in [2.05, 4.69) is 12.2 Å². The van der Waals surface area contributed by atoms with Crippen molar-refractivity contribution in [3.05, 3.63) is 65.7 Å². The largest absolute Gasteiger partial charge is 0.390 e. The number of hydrogen-bond acceptors (Lipinski definition) is 3. The first-order valence-corrected chi connectivity index (χ1v) is 6.93. The lowest BCUT2D eigenvalue weighted by Crippen LogP contribution is -2.41.